The summed E-state index contributed by atoms with van der Waals surface area (Å²) in [7, 11) is 0. The largest absolute Gasteiger partial charge is 0.348 e. The van der Waals surface area contributed by atoms with Crippen molar-refractivity contribution < 1.29 is 18.7 Å². The zero-order valence-corrected chi connectivity index (χ0v) is 14.9. The van der Waals surface area contributed by atoms with Crippen molar-refractivity contribution in [3.63, 3.8) is 0 Å². The number of ether oxygens (including phenoxy) is 2. The van der Waals surface area contributed by atoms with Crippen LogP contribution in [0, 0.1) is 5.82 Å². The summed E-state index contributed by atoms with van der Waals surface area (Å²) in [6, 6.07) is 6.34. The van der Waals surface area contributed by atoms with E-state index in [2.05, 4.69) is 20.2 Å². The quantitative estimate of drug-likeness (QED) is 0.883. The van der Waals surface area contributed by atoms with E-state index in [1.54, 1.807) is 18.2 Å². The Labute approximate surface area is 156 Å². The maximum atomic E-state index is 13.6. The van der Waals surface area contributed by atoms with E-state index in [1.807, 2.05) is 0 Å². The lowest BCUT2D eigenvalue weighted by molar-refractivity contribution is -0.169. The van der Waals surface area contributed by atoms with Gasteiger partial charge in [-0.05, 0) is 6.07 Å². The molecule has 4 rings (SSSR count). The first kappa shape index (κ1) is 17.8. The molecule has 1 N–H and O–H groups in total. The van der Waals surface area contributed by atoms with Crippen LogP contribution in [0.1, 0.15) is 28.8 Å². The molecule has 0 aliphatic carbocycles. The van der Waals surface area contributed by atoms with Gasteiger partial charge in [0, 0.05) is 50.4 Å². The molecule has 2 fully saturated rings. The van der Waals surface area contributed by atoms with E-state index < -0.39 is 5.79 Å². The number of rotatable bonds is 4. The Morgan fingerprint density at radius 1 is 1.15 bits per heavy atom. The minimum atomic E-state index is -0.441. The molecule has 2 aliphatic rings. The van der Waals surface area contributed by atoms with E-state index in [9.17, 15) is 9.18 Å². The molecule has 1 aromatic heterocycles. The monoisotopic (exact) mass is 372 g/mol. The number of nitrogens with zero attached hydrogens (tertiary/aromatic N) is 3. The lowest BCUT2D eigenvalue weighted by atomic mass is 10.0. The second-order valence-corrected chi connectivity index (χ2v) is 6.64. The molecule has 2 saturated heterocycles. The zero-order chi connectivity index (χ0) is 18.7. The summed E-state index contributed by atoms with van der Waals surface area (Å²) in [5.74, 6) is -0.547. The second-order valence-electron chi connectivity index (χ2n) is 6.64. The highest BCUT2D eigenvalue weighted by molar-refractivity contribution is 5.93. The molecule has 0 atom stereocenters. The number of benzene rings is 1. The molecule has 0 radical (unpaired) electrons. The van der Waals surface area contributed by atoms with E-state index in [1.165, 1.54) is 18.5 Å². The predicted octanol–water partition coefficient (Wildman–Crippen LogP) is 1.89. The second kappa shape index (κ2) is 7.58. The molecule has 27 heavy (non-hydrogen) atoms. The Kier molecular flexibility index (Phi) is 5.00. The zero-order valence-electron chi connectivity index (χ0n) is 14.9. The Morgan fingerprint density at radius 2 is 1.81 bits per heavy atom. The van der Waals surface area contributed by atoms with Crippen LogP contribution in [0.3, 0.4) is 0 Å². The number of amides is 1. The number of halogens is 1. The van der Waals surface area contributed by atoms with Gasteiger partial charge in [0.05, 0.1) is 18.8 Å². The van der Waals surface area contributed by atoms with Crippen molar-refractivity contribution in [2.24, 2.45) is 0 Å². The van der Waals surface area contributed by atoms with Crippen LogP contribution in [-0.4, -0.2) is 48.0 Å². The standard InChI is InChI=1S/C19H21FN4O3/c20-16-4-2-1-3-14(16)11-21-17(25)15-12-22-18(23-13-15)24-7-5-19(6-8-24)26-9-10-27-19/h1-4,12-13H,5-11H2,(H,21,25). The summed E-state index contributed by atoms with van der Waals surface area (Å²) in [6.45, 7) is 2.87. The van der Waals surface area contributed by atoms with E-state index in [-0.39, 0.29) is 18.3 Å². The number of nitrogens with one attached hydrogen (secondary N) is 1. The molecule has 3 heterocycles. The van der Waals surface area contributed by atoms with Crippen LogP contribution in [0.5, 0.6) is 0 Å². The van der Waals surface area contributed by atoms with E-state index in [4.69, 9.17) is 9.47 Å². The molecule has 1 aromatic carbocycles. The van der Waals surface area contributed by atoms with Crippen molar-refractivity contribution in [2.45, 2.75) is 25.2 Å². The van der Waals surface area contributed by atoms with Crippen molar-refractivity contribution in [2.75, 3.05) is 31.2 Å². The summed E-state index contributed by atoms with van der Waals surface area (Å²) < 4.78 is 25.0. The van der Waals surface area contributed by atoms with Gasteiger partial charge < -0.3 is 19.7 Å². The van der Waals surface area contributed by atoms with Gasteiger partial charge in [-0.25, -0.2) is 14.4 Å². The summed E-state index contributed by atoms with van der Waals surface area (Å²) in [5, 5.41) is 2.68. The highest BCUT2D eigenvalue weighted by atomic mass is 19.1. The van der Waals surface area contributed by atoms with Crippen molar-refractivity contribution in [3.8, 4) is 0 Å². The van der Waals surface area contributed by atoms with Crippen LogP contribution in [0.2, 0.25) is 0 Å². The van der Waals surface area contributed by atoms with Gasteiger partial charge in [0.2, 0.25) is 5.95 Å². The number of carbonyl (C=O) groups excluding carboxylic acids is 1. The SMILES string of the molecule is O=C(NCc1ccccc1F)c1cnc(N2CCC3(CC2)OCCO3)nc1. The molecule has 0 saturated carbocycles. The van der Waals surface area contributed by atoms with Crippen LogP contribution in [0.25, 0.3) is 0 Å². The van der Waals surface area contributed by atoms with Crippen LogP contribution < -0.4 is 10.2 Å². The number of aromatic nitrogens is 2. The summed E-state index contributed by atoms with van der Waals surface area (Å²) in [6.07, 6.45) is 4.51. The van der Waals surface area contributed by atoms with Crippen molar-refractivity contribution in [1.82, 2.24) is 15.3 Å². The smallest absolute Gasteiger partial charge is 0.254 e. The first-order valence-electron chi connectivity index (χ1n) is 9.02. The Balaban J connectivity index is 1.33. The Morgan fingerprint density at radius 3 is 2.48 bits per heavy atom. The first-order valence-corrected chi connectivity index (χ1v) is 9.02. The van der Waals surface area contributed by atoms with Crippen molar-refractivity contribution in [1.29, 1.82) is 0 Å². The first-order chi connectivity index (χ1) is 13.2. The van der Waals surface area contributed by atoms with E-state index >= 15 is 0 Å². The number of hydrogen-bond acceptors (Lipinski definition) is 6. The molecule has 7 nitrogen and oxygen atoms in total. The minimum Gasteiger partial charge on any atom is -0.348 e. The Bertz CT molecular complexity index is 799. The van der Waals surface area contributed by atoms with E-state index in [0.29, 0.717) is 30.3 Å². The summed E-state index contributed by atoms with van der Waals surface area (Å²) in [4.78, 5) is 22.9. The maximum absolute atomic E-state index is 13.6. The maximum Gasteiger partial charge on any atom is 0.254 e. The van der Waals surface area contributed by atoms with Gasteiger partial charge in [0.15, 0.2) is 5.79 Å². The van der Waals surface area contributed by atoms with Crippen molar-refractivity contribution in [3.05, 3.63) is 53.6 Å². The summed E-state index contributed by atoms with van der Waals surface area (Å²) in [5.41, 5.74) is 0.771. The van der Waals surface area contributed by atoms with Gasteiger partial charge in [-0.1, -0.05) is 18.2 Å². The average molecular weight is 372 g/mol. The van der Waals surface area contributed by atoms with Gasteiger partial charge in [0.1, 0.15) is 5.82 Å². The molecule has 2 aromatic rings. The molecule has 1 spiro atoms. The van der Waals surface area contributed by atoms with Crippen LogP contribution in [-0.2, 0) is 16.0 Å². The fraction of sp³-hybridized carbons (Fsp3) is 0.421. The number of hydrogen-bond donors (Lipinski definition) is 1. The number of piperidine rings is 1. The molecule has 142 valence electrons. The van der Waals surface area contributed by atoms with Crippen LogP contribution in [0.4, 0.5) is 10.3 Å². The van der Waals surface area contributed by atoms with Crippen LogP contribution in [0.15, 0.2) is 36.7 Å². The molecule has 2 aliphatic heterocycles. The molecular formula is C19H21FN4O3. The normalized spacial score (nSPS) is 18.6. The number of carbonyl (C=O) groups is 1. The summed E-state index contributed by atoms with van der Waals surface area (Å²) >= 11 is 0. The average Bonchev–Trinajstić information content (AvgIpc) is 3.16. The van der Waals surface area contributed by atoms with Gasteiger partial charge in [-0.3, -0.25) is 4.79 Å². The minimum absolute atomic E-state index is 0.113. The fourth-order valence-corrected chi connectivity index (χ4v) is 3.35. The highest BCUT2D eigenvalue weighted by Gasteiger charge is 2.40. The molecular weight excluding hydrogens is 351 g/mol. The van der Waals surface area contributed by atoms with Gasteiger partial charge in [0.25, 0.3) is 5.91 Å². The Hall–Kier alpha value is -2.58. The predicted molar refractivity (Wildman–Crippen MR) is 95.7 cm³/mol. The molecule has 0 bridgehead atoms. The lowest BCUT2D eigenvalue weighted by Gasteiger charge is -2.37. The van der Waals surface area contributed by atoms with Gasteiger partial charge >= 0.3 is 0 Å². The third kappa shape index (κ3) is 3.91. The van der Waals surface area contributed by atoms with Gasteiger partial charge in [-0.15, -0.1) is 0 Å². The van der Waals surface area contributed by atoms with Gasteiger partial charge in [-0.2, -0.15) is 0 Å². The lowest BCUT2D eigenvalue weighted by Crippen LogP contribution is -2.45. The molecule has 0 unspecified atom stereocenters. The number of anilines is 1. The topological polar surface area (TPSA) is 76.6 Å². The molecule has 1 amide bonds. The van der Waals surface area contributed by atoms with Crippen LogP contribution >= 0.6 is 0 Å². The highest BCUT2D eigenvalue weighted by Crippen LogP contribution is 2.32. The van der Waals surface area contributed by atoms with Crippen molar-refractivity contribution >= 4 is 11.9 Å². The third-order valence-corrected chi connectivity index (χ3v) is 4.92. The van der Waals surface area contributed by atoms with E-state index in [0.717, 1.165) is 25.9 Å². The fourth-order valence-electron chi connectivity index (χ4n) is 3.35. The molecule has 8 heteroatoms. The third-order valence-electron chi connectivity index (χ3n) is 4.92.